The molecule has 1 aliphatic rings. The van der Waals surface area contributed by atoms with Gasteiger partial charge in [0.15, 0.2) is 17.6 Å². The Kier molecular flexibility index (Phi) is 4.95. The van der Waals surface area contributed by atoms with Gasteiger partial charge in [-0.05, 0) is 30.5 Å². The lowest BCUT2D eigenvalue weighted by molar-refractivity contribution is -0.123. The van der Waals surface area contributed by atoms with E-state index in [9.17, 15) is 14.7 Å². The summed E-state index contributed by atoms with van der Waals surface area (Å²) in [4.78, 5) is 24.9. The van der Waals surface area contributed by atoms with Gasteiger partial charge in [0.2, 0.25) is 0 Å². The van der Waals surface area contributed by atoms with E-state index >= 15 is 0 Å². The van der Waals surface area contributed by atoms with Crippen LogP contribution in [0.1, 0.15) is 17.3 Å². The van der Waals surface area contributed by atoms with Crippen LogP contribution in [0.4, 0.5) is 5.69 Å². The first kappa shape index (κ1) is 18.6. The zero-order valence-corrected chi connectivity index (χ0v) is 15.7. The van der Waals surface area contributed by atoms with Crippen LogP contribution < -0.4 is 14.8 Å². The first-order chi connectivity index (χ1) is 14.0. The molecule has 0 spiro atoms. The molecule has 0 radical (unpaired) electrons. The van der Waals surface area contributed by atoms with Crippen LogP contribution in [0.2, 0.25) is 0 Å². The summed E-state index contributed by atoms with van der Waals surface area (Å²) in [5.74, 6) is -0.304. The van der Waals surface area contributed by atoms with Gasteiger partial charge in [-0.2, -0.15) is 0 Å². The van der Waals surface area contributed by atoms with Gasteiger partial charge in [-0.25, -0.2) is 4.79 Å². The fourth-order valence-corrected chi connectivity index (χ4v) is 3.06. The van der Waals surface area contributed by atoms with E-state index in [1.165, 1.54) is 13.0 Å². The minimum absolute atomic E-state index is 0.00248. The number of rotatable bonds is 4. The topological polar surface area (TPSA) is 94.1 Å². The summed E-state index contributed by atoms with van der Waals surface area (Å²) in [5, 5.41) is 14.4. The van der Waals surface area contributed by atoms with E-state index < -0.39 is 18.0 Å². The van der Waals surface area contributed by atoms with Crippen LogP contribution in [0, 0.1) is 0 Å². The predicted octanol–water partition coefficient (Wildman–Crippen LogP) is 3.50. The summed E-state index contributed by atoms with van der Waals surface area (Å²) < 4.78 is 16.2. The zero-order chi connectivity index (χ0) is 20.4. The molecule has 1 atom stereocenters. The van der Waals surface area contributed by atoms with Gasteiger partial charge in [0, 0.05) is 17.1 Å². The van der Waals surface area contributed by atoms with Gasteiger partial charge in [-0.3, -0.25) is 4.79 Å². The standard InChI is InChI=1S/C22H19NO6/c1-13(21(25)23-15-7-9-18-19(12-15)28-11-10-27-18)29-22(26)17-8-6-14-4-2-3-5-16(14)20(17)24/h2-9,12-13,24H,10-11H2,1H3,(H,23,25). The lowest BCUT2D eigenvalue weighted by Gasteiger charge is -2.19. The fourth-order valence-electron chi connectivity index (χ4n) is 3.06. The Bertz CT molecular complexity index is 1090. The minimum atomic E-state index is -1.07. The van der Waals surface area contributed by atoms with Crippen molar-refractivity contribution in [1.29, 1.82) is 0 Å². The average Bonchev–Trinajstić information content (AvgIpc) is 2.74. The number of ether oxygens (including phenoxy) is 3. The highest BCUT2D eigenvalue weighted by Crippen LogP contribution is 2.33. The molecule has 0 bridgehead atoms. The summed E-state index contributed by atoms with van der Waals surface area (Å²) in [6.45, 7) is 2.38. The first-order valence-corrected chi connectivity index (χ1v) is 9.15. The largest absolute Gasteiger partial charge is 0.506 e. The van der Waals surface area contributed by atoms with Crippen LogP contribution in [0.15, 0.2) is 54.6 Å². The third kappa shape index (κ3) is 3.80. The summed E-state index contributed by atoms with van der Waals surface area (Å²) in [7, 11) is 0. The van der Waals surface area contributed by atoms with Crippen molar-refractivity contribution < 1.29 is 28.9 Å². The predicted molar refractivity (Wildman–Crippen MR) is 107 cm³/mol. The van der Waals surface area contributed by atoms with Crippen LogP contribution in [0.5, 0.6) is 17.2 Å². The normalized spacial score (nSPS) is 13.6. The molecule has 4 rings (SSSR count). The number of phenolic OH excluding ortho intramolecular Hbond substituents is 1. The molecule has 1 aliphatic heterocycles. The Morgan fingerprint density at radius 2 is 1.79 bits per heavy atom. The molecule has 148 valence electrons. The summed E-state index contributed by atoms with van der Waals surface area (Å²) in [6, 6.07) is 15.4. The van der Waals surface area contributed by atoms with Gasteiger partial charge >= 0.3 is 5.97 Å². The molecule has 7 heteroatoms. The summed E-state index contributed by atoms with van der Waals surface area (Å²) >= 11 is 0. The molecule has 0 aromatic heterocycles. The van der Waals surface area contributed by atoms with Crippen molar-refractivity contribution in [2.75, 3.05) is 18.5 Å². The van der Waals surface area contributed by atoms with Crippen molar-refractivity contribution in [2.24, 2.45) is 0 Å². The second-order valence-electron chi connectivity index (χ2n) is 6.58. The third-order valence-electron chi connectivity index (χ3n) is 4.58. The molecule has 7 nitrogen and oxygen atoms in total. The number of aromatic hydroxyl groups is 1. The van der Waals surface area contributed by atoms with Gasteiger partial charge < -0.3 is 24.6 Å². The molecule has 1 unspecified atom stereocenters. The lowest BCUT2D eigenvalue weighted by Crippen LogP contribution is -2.30. The van der Waals surface area contributed by atoms with Gasteiger partial charge in [0.05, 0.1) is 0 Å². The second kappa shape index (κ2) is 7.71. The van der Waals surface area contributed by atoms with Crippen LogP contribution >= 0.6 is 0 Å². The van der Waals surface area contributed by atoms with Crippen molar-refractivity contribution in [3.63, 3.8) is 0 Å². The van der Waals surface area contributed by atoms with E-state index in [0.717, 1.165) is 5.39 Å². The highest BCUT2D eigenvalue weighted by molar-refractivity contribution is 6.02. The highest BCUT2D eigenvalue weighted by atomic mass is 16.6. The Morgan fingerprint density at radius 3 is 2.62 bits per heavy atom. The molecule has 0 saturated carbocycles. The summed E-state index contributed by atoms with van der Waals surface area (Å²) in [6.07, 6.45) is -1.07. The molecule has 3 aromatic rings. The maximum absolute atomic E-state index is 12.5. The number of phenols is 1. The molecule has 3 aromatic carbocycles. The first-order valence-electron chi connectivity index (χ1n) is 9.15. The number of esters is 1. The van der Waals surface area contributed by atoms with Crippen LogP contribution in [-0.2, 0) is 9.53 Å². The number of hydrogen-bond donors (Lipinski definition) is 2. The van der Waals surface area contributed by atoms with Gasteiger partial charge in [-0.15, -0.1) is 0 Å². The molecule has 1 amide bonds. The SMILES string of the molecule is CC(OC(=O)c1ccc2ccccc2c1O)C(=O)Nc1ccc2c(c1)OCCO2. The summed E-state index contributed by atoms with van der Waals surface area (Å²) in [5.41, 5.74) is 0.499. The van der Waals surface area contributed by atoms with E-state index in [2.05, 4.69) is 5.32 Å². The molecular formula is C22H19NO6. The average molecular weight is 393 g/mol. The van der Waals surface area contributed by atoms with Gasteiger partial charge in [0.1, 0.15) is 24.5 Å². The van der Waals surface area contributed by atoms with Crippen molar-refractivity contribution >= 4 is 28.3 Å². The van der Waals surface area contributed by atoms with E-state index in [1.807, 2.05) is 12.1 Å². The third-order valence-corrected chi connectivity index (χ3v) is 4.58. The maximum atomic E-state index is 12.5. The minimum Gasteiger partial charge on any atom is -0.506 e. The van der Waals surface area contributed by atoms with Crippen molar-refractivity contribution in [1.82, 2.24) is 0 Å². The Balaban J connectivity index is 1.45. The van der Waals surface area contributed by atoms with E-state index in [0.29, 0.717) is 35.8 Å². The molecule has 0 fully saturated rings. The van der Waals surface area contributed by atoms with Crippen molar-refractivity contribution in [3.05, 3.63) is 60.2 Å². The zero-order valence-electron chi connectivity index (χ0n) is 15.7. The number of carbonyl (C=O) groups excluding carboxylic acids is 2. The molecular weight excluding hydrogens is 374 g/mol. The van der Waals surface area contributed by atoms with Gasteiger partial charge in [0.25, 0.3) is 5.91 Å². The number of amides is 1. The smallest absolute Gasteiger partial charge is 0.342 e. The molecule has 2 N–H and O–H groups in total. The molecule has 0 saturated heterocycles. The number of nitrogens with one attached hydrogen (secondary N) is 1. The number of carbonyl (C=O) groups is 2. The number of fused-ring (bicyclic) bond motifs is 2. The van der Waals surface area contributed by atoms with Crippen LogP contribution in [0.25, 0.3) is 10.8 Å². The number of benzene rings is 3. The van der Waals surface area contributed by atoms with E-state index in [1.54, 1.807) is 36.4 Å². The number of anilines is 1. The molecule has 29 heavy (non-hydrogen) atoms. The fraction of sp³-hybridized carbons (Fsp3) is 0.182. The van der Waals surface area contributed by atoms with Crippen LogP contribution in [-0.4, -0.2) is 36.3 Å². The van der Waals surface area contributed by atoms with Crippen molar-refractivity contribution in [3.8, 4) is 17.2 Å². The molecule has 0 aliphatic carbocycles. The van der Waals surface area contributed by atoms with Crippen LogP contribution in [0.3, 0.4) is 0 Å². The van der Waals surface area contributed by atoms with E-state index in [-0.39, 0.29) is 11.3 Å². The Labute approximate surface area is 166 Å². The monoisotopic (exact) mass is 393 g/mol. The highest BCUT2D eigenvalue weighted by Gasteiger charge is 2.22. The lowest BCUT2D eigenvalue weighted by atomic mass is 10.1. The van der Waals surface area contributed by atoms with Gasteiger partial charge in [-0.1, -0.05) is 30.3 Å². The molecule has 1 heterocycles. The maximum Gasteiger partial charge on any atom is 0.342 e. The van der Waals surface area contributed by atoms with E-state index in [4.69, 9.17) is 14.2 Å². The Morgan fingerprint density at radius 1 is 1.03 bits per heavy atom. The Hall–Kier alpha value is -3.74. The van der Waals surface area contributed by atoms with Crippen molar-refractivity contribution in [2.45, 2.75) is 13.0 Å². The number of hydrogen-bond acceptors (Lipinski definition) is 6. The second-order valence-corrected chi connectivity index (χ2v) is 6.58. The quantitative estimate of drug-likeness (QED) is 0.659.